The highest BCUT2D eigenvalue weighted by molar-refractivity contribution is 6.17. The van der Waals surface area contributed by atoms with Crippen LogP contribution in [0.5, 0.6) is 5.75 Å². The topological polar surface area (TPSA) is 74.0 Å². The van der Waals surface area contributed by atoms with E-state index in [1.54, 1.807) is 0 Å². The number of halogens is 1. The molecule has 142 valence electrons. The molecule has 0 bridgehead atoms. The van der Waals surface area contributed by atoms with Gasteiger partial charge in [0, 0.05) is 17.5 Å². The van der Waals surface area contributed by atoms with Crippen molar-refractivity contribution < 1.29 is 4.74 Å². The molecule has 1 aromatic heterocycles. The molecular formula is C20H23ClN4O2. The third-order valence-electron chi connectivity index (χ3n) is 4.52. The maximum atomic E-state index is 11.2. The van der Waals surface area contributed by atoms with Crippen LogP contribution < -0.4 is 10.4 Å². The molecule has 0 spiro atoms. The van der Waals surface area contributed by atoms with Crippen LogP contribution in [0.1, 0.15) is 35.5 Å². The molecule has 7 heteroatoms. The molecule has 0 aliphatic heterocycles. The van der Waals surface area contributed by atoms with Gasteiger partial charge in [0.2, 0.25) is 0 Å². The highest BCUT2D eigenvalue weighted by atomic mass is 35.5. The lowest BCUT2D eigenvalue weighted by molar-refractivity contribution is 0.234. The second-order valence-electron chi connectivity index (χ2n) is 6.50. The van der Waals surface area contributed by atoms with Gasteiger partial charge in [-0.05, 0) is 31.2 Å². The molecule has 0 saturated heterocycles. The standard InChI is InChI=1S/C20H23ClN4O2/c1-14(25(2)12-19-22-20(26)24-23-19)17-8-3-4-9-18(17)27-13-16-7-5-6-15(10-16)11-21/h3-10,14H,11-13H2,1-2H3,(H2,22,23,24,26)/t14-/m0/s1. The molecule has 27 heavy (non-hydrogen) atoms. The van der Waals surface area contributed by atoms with Gasteiger partial charge in [0.1, 0.15) is 18.2 Å². The Morgan fingerprint density at radius 1 is 1.19 bits per heavy atom. The van der Waals surface area contributed by atoms with Crippen molar-refractivity contribution in [1.82, 2.24) is 20.1 Å². The zero-order valence-electron chi connectivity index (χ0n) is 15.4. The van der Waals surface area contributed by atoms with Crippen molar-refractivity contribution in [3.8, 4) is 5.75 Å². The summed E-state index contributed by atoms with van der Waals surface area (Å²) in [6.45, 7) is 3.10. The fourth-order valence-electron chi connectivity index (χ4n) is 2.91. The molecule has 0 radical (unpaired) electrons. The number of aromatic nitrogens is 3. The smallest absolute Gasteiger partial charge is 0.340 e. The Morgan fingerprint density at radius 2 is 1.96 bits per heavy atom. The van der Waals surface area contributed by atoms with Crippen LogP contribution in [-0.2, 0) is 19.0 Å². The lowest BCUT2D eigenvalue weighted by atomic mass is 10.1. The lowest BCUT2D eigenvalue weighted by Crippen LogP contribution is -2.23. The van der Waals surface area contributed by atoms with Crippen molar-refractivity contribution in [2.75, 3.05) is 7.05 Å². The summed E-state index contributed by atoms with van der Waals surface area (Å²) in [4.78, 5) is 16.0. The molecule has 6 nitrogen and oxygen atoms in total. The van der Waals surface area contributed by atoms with E-state index in [1.807, 2.05) is 43.4 Å². The predicted molar refractivity (Wildman–Crippen MR) is 106 cm³/mol. The Kier molecular flexibility index (Phi) is 6.32. The summed E-state index contributed by atoms with van der Waals surface area (Å²) in [5.74, 6) is 1.93. The average molecular weight is 387 g/mol. The fourth-order valence-corrected chi connectivity index (χ4v) is 3.08. The highest BCUT2D eigenvalue weighted by Gasteiger charge is 2.17. The normalized spacial score (nSPS) is 12.3. The summed E-state index contributed by atoms with van der Waals surface area (Å²) in [5.41, 5.74) is 2.94. The van der Waals surface area contributed by atoms with E-state index in [-0.39, 0.29) is 11.7 Å². The molecule has 0 unspecified atom stereocenters. The second kappa shape index (κ2) is 8.88. The summed E-state index contributed by atoms with van der Waals surface area (Å²) >= 11 is 5.91. The minimum Gasteiger partial charge on any atom is -0.489 e. The number of H-pyrrole nitrogens is 2. The summed E-state index contributed by atoms with van der Waals surface area (Å²) in [7, 11) is 1.98. The van der Waals surface area contributed by atoms with Gasteiger partial charge in [-0.25, -0.2) is 9.89 Å². The largest absolute Gasteiger partial charge is 0.489 e. The van der Waals surface area contributed by atoms with Crippen molar-refractivity contribution in [1.29, 1.82) is 0 Å². The quantitative estimate of drug-likeness (QED) is 0.580. The van der Waals surface area contributed by atoms with Gasteiger partial charge in [-0.2, -0.15) is 5.10 Å². The van der Waals surface area contributed by atoms with E-state index >= 15 is 0 Å². The molecule has 1 heterocycles. The van der Waals surface area contributed by atoms with E-state index in [4.69, 9.17) is 16.3 Å². The molecule has 3 aromatic rings. The average Bonchev–Trinajstić information content (AvgIpc) is 3.10. The Hall–Kier alpha value is -2.57. The number of benzene rings is 2. The number of alkyl halides is 1. The van der Waals surface area contributed by atoms with Crippen LogP contribution in [0.3, 0.4) is 0 Å². The Bertz CT molecular complexity index is 937. The summed E-state index contributed by atoms with van der Waals surface area (Å²) < 4.78 is 6.10. The number of nitrogens with zero attached hydrogens (tertiary/aromatic N) is 2. The summed E-state index contributed by atoms with van der Waals surface area (Å²) in [6.07, 6.45) is 0. The third kappa shape index (κ3) is 4.99. The molecule has 2 aromatic carbocycles. The van der Waals surface area contributed by atoms with Gasteiger partial charge in [0.05, 0.1) is 6.54 Å². The van der Waals surface area contributed by atoms with E-state index in [9.17, 15) is 4.79 Å². The van der Waals surface area contributed by atoms with E-state index in [2.05, 4.69) is 39.1 Å². The van der Waals surface area contributed by atoms with Crippen molar-refractivity contribution in [2.45, 2.75) is 32.0 Å². The molecule has 0 aliphatic rings. The van der Waals surface area contributed by atoms with Crippen LogP contribution in [0.4, 0.5) is 0 Å². The first-order valence-electron chi connectivity index (χ1n) is 8.76. The molecule has 1 atom stereocenters. The maximum Gasteiger partial charge on any atom is 0.340 e. The van der Waals surface area contributed by atoms with Gasteiger partial charge in [-0.15, -0.1) is 11.6 Å². The van der Waals surface area contributed by atoms with Gasteiger partial charge in [-0.1, -0.05) is 42.5 Å². The van der Waals surface area contributed by atoms with Crippen molar-refractivity contribution in [3.63, 3.8) is 0 Å². The van der Waals surface area contributed by atoms with E-state index < -0.39 is 0 Å². The second-order valence-corrected chi connectivity index (χ2v) is 6.76. The number of hydrogen-bond donors (Lipinski definition) is 2. The lowest BCUT2D eigenvalue weighted by Gasteiger charge is -2.25. The van der Waals surface area contributed by atoms with Crippen LogP contribution >= 0.6 is 11.6 Å². The van der Waals surface area contributed by atoms with E-state index in [1.165, 1.54) is 0 Å². The van der Waals surface area contributed by atoms with Crippen molar-refractivity contribution in [2.24, 2.45) is 0 Å². The number of para-hydroxylation sites is 1. The van der Waals surface area contributed by atoms with Crippen LogP contribution in [0.25, 0.3) is 0 Å². The predicted octanol–water partition coefficient (Wildman–Crippen LogP) is 3.61. The Balaban J connectivity index is 1.71. The summed E-state index contributed by atoms with van der Waals surface area (Å²) in [6, 6.07) is 16.1. The van der Waals surface area contributed by atoms with Crippen LogP contribution in [-0.4, -0.2) is 27.1 Å². The minimum atomic E-state index is -0.297. The Labute approximate surface area is 163 Å². The Morgan fingerprint density at radius 3 is 2.70 bits per heavy atom. The molecular weight excluding hydrogens is 364 g/mol. The first-order valence-corrected chi connectivity index (χ1v) is 9.29. The first-order chi connectivity index (χ1) is 13.1. The van der Waals surface area contributed by atoms with E-state index in [0.717, 1.165) is 22.4 Å². The highest BCUT2D eigenvalue weighted by Crippen LogP contribution is 2.29. The van der Waals surface area contributed by atoms with Crippen molar-refractivity contribution in [3.05, 3.63) is 81.5 Å². The van der Waals surface area contributed by atoms with Gasteiger partial charge < -0.3 is 4.74 Å². The molecule has 0 fully saturated rings. The SMILES string of the molecule is C[C@@H](c1ccccc1OCc1cccc(CCl)c1)N(C)Cc1n[nH]c(=O)[nH]1. The third-order valence-corrected chi connectivity index (χ3v) is 4.83. The first kappa shape index (κ1) is 19.2. The van der Waals surface area contributed by atoms with Crippen LogP contribution in [0.15, 0.2) is 53.3 Å². The van der Waals surface area contributed by atoms with Crippen LogP contribution in [0, 0.1) is 0 Å². The fraction of sp³-hybridized carbons (Fsp3) is 0.300. The van der Waals surface area contributed by atoms with Crippen molar-refractivity contribution >= 4 is 11.6 Å². The number of rotatable bonds is 8. The van der Waals surface area contributed by atoms with Crippen LogP contribution in [0.2, 0.25) is 0 Å². The number of hydrogen-bond acceptors (Lipinski definition) is 4. The van der Waals surface area contributed by atoms with Gasteiger partial charge in [0.25, 0.3) is 0 Å². The molecule has 0 saturated carbocycles. The van der Waals surface area contributed by atoms with Gasteiger partial charge in [0.15, 0.2) is 0 Å². The molecule has 2 N–H and O–H groups in total. The zero-order valence-corrected chi connectivity index (χ0v) is 16.2. The number of ether oxygens (including phenoxy) is 1. The monoisotopic (exact) mass is 386 g/mol. The number of aromatic amines is 2. The summed E-state index contributed by atoms with van der Waals surface area (Å²) in [5, 5.41) is 6.36. The van der Waals surface area contributed by atoms with E-state index in [0.29, 0.717) is 24.9 Å². The molecule has 0 aliphatic carbocycles. The van der Waals surface area contributed by atoms with Gasteiger partial charge in [-0.3, -0.25) is 9.88 Å². The number of nitrogens with one attached hydrogen (secondary N) is 2. The van der Waals surface area contributed by atoms with Gasteiger partial charge >= 0.3 is 5.69 Å². The maximum absolute atomic E-state index is 11.2. The minimum absolute atomic E-state index is 0.0792. The zero-order chi connectivity index (χ0) is 19.2. The molecule has 0 amide bonds. The molecule has 3 rings (SSSR count).